The first-order valence-corrected chi connectivity index (χ1v) is 9.47. The van der Waals surface area contributed by atoms with Gasteiger partial charge in [-0.25, -0.2) is 0 Å². The number of carbonyl (C=O) groups excluding carboxylic acids is 1. The Kier molecular flexibility index (Phi) is 4.24. The molecule has 2 aliphatic rings. The van der Waals surface area contributed by atoms with Crippen molar-refractivity contribution >= 4 is 34.0 Å². The van der Waals surface area contributed by atoms with E-state index in [4.69, 9.17) is 0 Å². The first-order chi connectivity index (χ1) is 12.5. The molecular weight excluding hydrogens is 350 g/mol. The summed E-state index contributed by atoms with van der Waals surface area (Å²) in [7, 11) is 0. The van der Waals surface area contributed by atoms with E-state index in [-0.39, 0.29) is 17.8 Å². The second-order valence-corrected chi connectivity index (χ2v) is 7.96. The third-order valence-corrected chi connectivity index (χ3v) is 6.08. The number of amides is 1. The smallest absolute Gasteiger partial charge is 0.269 e. The van der Waals surface area contributed by atoms with E-state index < -0.39 is 4.92 Å². The summed E-state index contributed by atoms with van der Waals surface area (Å²) in [5.41, 5.74) is 2.94. The van der Waals surface area contributed by atoms with Gasteiger partial charge in [0.05, 0.1) is 10.5 Å². The number of carbonyl (C=O) groups is 1. The van der Waals surface area contributed by atoms with Crippen molar-refractivity contribution in [2.75, 3.05) is 5.32 Å². The lowest BCUT2D eigenvalue weighted by atomic mass is 9.88. The normalized spacial score (nSPS) is 21.7. The molecule has 134 valence electrons. The van der Waals surface area contributed by atoms with Crippen molar-refractivity contribution < 1.29 is 9.72 Å². The quantitative estimate of drug-likeness (QED) is 0.633. The number of nitro benzene ring substituents is 1. The lowest BCUT2D eigenvalue weighted by Crippen LogP contribution is -2.43. The van der Waals surface area contributed by atoms with Gasteiger partial charge in [0, 0.05) is 17.0 Å². The average Bonchev–Trinajstić information content (AvgIpc) is 2.98. The summed E-state index contributed by atoms with van der Waals surface area (Å²) in [6, 6.07) is 6.32. The maximum absolute atomic E-state index is 12.6. The van der Waals surface area contributed by atoms with Crippen molar-refractivity contribution in [2.24, 2.45) is 5.92 Å². The van der Waals surface area contributed by atoms with Gasteiger partial charge >= 0.3 is 0 Å². The van der Waals surface area contributed by atoms with Crippen molar-refractivity contribution in [1.82, 2.24) is 5.32 Å². The van der Waals surface area contributed by atoms with Gasteiger partial charge in [0.2, 0.25) is 0 Å². The molecule has 6 nitrogen and oxygen atoms in total. The largest absolute Gasteiger partial charge is 0.353 e. The molecule has 7 heteroatoms. The Morgan fingerprint density at radius 1 is 1.27 bits per heavy atom. The lowest BCUT2D eigenvalue weighted by Gasteiger charge is -2.24. The van der Waals surface area contributed by atoms with Crippen LogP contribution in [0.25, 0.3) is 6.08 Å². The minimum absolute atomic E-state index is 0.0239. The molecule has 26 heavy (non-hydrogen) atoms. The second kappa shape index (κ2) is 6.57. The van der Waals surface area contributed by atoms with Gasteiger partial charge < -0.3 is 10.6 Å². The number of fused-ring (bicyclic) bond motifs is 3. The zero-order valence-corrected chi connectivity index (χ0v) is 15.1. The maximum atomic E-state index is 12.6. The van der Waals surface area contributed by atoms with Crippen molar-refractivity contribution in [3.05, 3.63) is 62.0 Å². The molecule has 1 aliphatic heterocycles. The van der Waals surface area contributed by atoms with E-state index in [0.717, 1.165) is 35.4 Å². The standard InChI is InChI=1S/C19H19N3O3S/c1-11-2-8-14-15(10-11)26-19-17(14)18(23)20-16(21-19)9-5-12-3-6-13(7-4-12)22(24)25/h3-7,9,11,16,21H,2,8,10H2,1H3,(H,20,23)/b9-5+/t11-,16-/m1/s1. The molecule has 2 aromatic rings. The number of nitrogens with one attached hydrogen (secondary N) is 2. The second-order valence-electron chi connectivity index (χ2n) is 6.86. The van der Waals surface area contributed by atoms with Crippen LogP contribution in [0.3, 0.4) is 0 Å². The van der Waals surface area contributed by atoms with E-state index >= 15 is 0 Å². The predicted molar refractivity (Wildman–Crippen MR) is 103 cm³/mol. The fraction of sp³-hybridized carbons (Fsp3) is 0.316. The van der Waals surface area contributed by atoms with Crippen molar-refractivity contribution in [1.29, 1.82) is 0 Å². The number of hydrogen-bond donors (Lipinski definition) is 2. The third-order valence-electron chi connectivity index (χ3n) is 4.90. The zero-order chi connectivity index (χ0) is 18.3. The Hall–Kier alpha value is -2.67. The Labute approximate surface area is 155 Å². The van der Waals surface area contributed by atoms with Gasteiger partial charge in [0.25, 0.3) is 11.6 Å². The van der Waals surface area contributed by atoms with Gasteiger partial charge in [0.15, 0.2) is 0 Å². The zero-order valence-electron chi connectivity index (χ0n) is 14.3. The molecule has 1 aromatic heterocycles. The van der Waals surface area contributed by atoms with Crippen LogP contribution in [0.1, 0.15) is 39.7 Å². The summed E-state index contributed by atoms with van der Waals surface area (Å²) in [4.78, 5) is 24.2. The molecule has 2 N–H and O–H groups in total. The fourth-order valence-electron chi connectivity index (χ4n) is 3.49. The lowest BCUT2D eigenvalue weighted by molar-refractivity contribution is -0.384. The number of nitro groups is 1. The molecule has 1 aliphatic carbocycles. The van der Waals surface area contributed by atoms with Crippen LogP contribution < -0.4 is 10.6 Å². The van der Waals surface area contributed by atoms with Crippen LogP contribution in [0.5, 0.6) is 0 Å². The van der Waals surface area contributed by atoms with Crippen LogP contribution in [-0.4, -0.2) is 17.0 Å². The molecule has 0 unspecified atom stereocenters. The summed E-state index contributed by atoms with van der Waals surface area (Å²) in [6.45, 7) is 2.25. The van der Waals surface area contributed by atoms with Crippen LogP contribution in [-0.2, 0) is 12.8 Å². The highest BCUT2D eigenvalue weighted by atomic mass is 32.1. The van der Waals surface area contributed by atoms with Crippen LogP contribution in [0.15, 0.2) is 30.3 Å². The average molecular weight is 369 g/mol. The number of thiophene rings is 1. The molecule has 0 fully saturated rings. The van der Waals surface area contributed by atoms with Crippen molar-refractivity contribution in [3.63, 3.8) is 0 Å². The SMILES string of the molecule is C[C@@H]1CCc2c(sc3c2C(=O)N[C@@H](/C=C/c2ccc([N+](=O)[O-])cc2)N3)C1. The van der Waals surface area contributed by atoms with Gasteiger partial charge in [-0.1, -0.05) is 13.0 Å². The molecule has 1 amide bonds. The molecular formula is C19H19N3O3S. The summed E-state index contributed by atoms with van der Waals surface area (Å²) in [6.07, 6.45) is 6.58. The Bertz CT molecular complexity index is 901. The summed E-state index contributed by atoms with van der Waals surface area (Å²) >= 11 is 1.70. The molecule has 1 aromatic carbocycles. The molecule has 4 rings (SSSR count). The summed E-state index contributed by atoms with van der Waals surface area (Å²) in [5, 5.41) is 18.0. The Morgan fingerprint density at radius 2 is 2.04 bits per heavy atom. The van der Waals surface area contributed by atoms with E-state index in [1.54, 1.807) is 23.5 Å². The van der Waals surface area contributed by atoms with Gasteiger partial charge in [0.1, 0.15) is 11.2 Å². The highest BCUT2D eigenvalue weighted by Crippen LogP contribution is 2.41. The van der Waals surface area contributed by atoms with E-state index in [2.05, 4.69) is 17.6 Å². The Morgan fingerprint density at radius 3 is 2.77 bits per heavy atom. The third kappa shape index (κ3) is 3.10. The van der Waals surface area contributed by atoms with Crippen LogP contribution in [0.4, 0.5) is 10.7 Å². The fourth-order valence-corrected chi connectivity index (χ4v) is 4.94. The van der Waals surface area contributed by atoms with E-state index in [1.807, 2.05) is 12.2 Å². The molecule has 0 saturated carbocycles. The highest BCUT2D eigenvalue weighted by molar-refractivity contribution is 7.16. The number of rotatable bonds is 3. The summed E-state index contributed by atoms with van der Waals surface area (Å²) in [5.74, 6) is 0.646. The molecule has 0 bridgehead atoms. The topological polar surface area (TPSA) is 84.3 Å². The first-order valence-electron chi connectivity index (χ1n) is 8.66. The molecule has 0 radical (unpaired) electrons. The molecule has 2 heterocycles. The van der Waals surface area contributed by atoms with Crippen LogP contribution in [0.2, 0.25) is 0 Å². The number of benzene rings is 1. The number of nitrogens with zero attached hydrogens (tertiary/aromatic N) is 1. The minimum atomic E-state index is -0.419. The van der Waals surface area contributed by atoms with Crippen molar-refractivity contribution in [3.8, 4) is 0 Å². The van der Waals surface area contributed by atoms with E-state index in [9.17, 15) is 14.9 Å². The van der Waals surface area contributed by atoms with Crippen molar-refractivity contribution in [2.45, 2.75) is 32.4 Å². The number of non-ortho nitro benzene ring substituents is 1. The van der Waals surface area contributed by atoms with Gasteiger partial charge in [-0.15, -0.1) is 11.3 Å². The number of anilines is 1. The summed E-state index contributed by atoms with van der Waals surface area (Å²) < 4.78 is 0. The van der Waals surface area contributed by atoms with E-state index in [0.29, 0.717) is 5.92 Å². The van der Waals surface area contributed by atoms with Crippen LogP contribution >= 0.6 is 11.3 Å². The molecule has 0 saturated heterocycles. The van der Waals surface area contributed by atoms with Gasteiger partial charge in [-0.2, -0.15) is 0 Å². The monoisotopic (exact) mass is 369 g/mol. The van der Waals surface area contributed by atoms with Crippen LogP contribution in [0, 0.1) is 16.0 Å². The first kappa shape index (κ1) is 16.8. The number of hydrogen-bond acceptors (Lipinski definition) is 5. The van der Waals surface area contributed by atoms with Gasteiger partial charge in [-0.3, -0.25) is 14.9 Å². The van der Waals surface area contributed by atoms with Gasteiger partial charge in [-0.05, 0) is 54.5 Å². The molecule has 0 spiro atoms. The highest BCUT2D eigenvalue weighted by Gasteiger charge is 2.31. The van der Waals surface area contributed by atoms with E-state index in [1.165, 1.54) is 22.6 Å². The predicted octanol–water partition coefficient (Wildman–Crippen LogP) is 3.98. The minimum Gasteiger partial charge on any atom is -0.353 e. The maximum Gasteiger partial charge on any atom is 0.269 e. The molecule has 2 atom stereocenters. The Balaban J connectivity index is 1.52.